The molecule has 0 fully saturated rings. The molecular formula is C14H28O11. The van der Waals surface area contributed by atoms with Crippen molar-refractivity contribution in [2.75, 3.05) is 19.8 Å². The van der Waals surface area contributed by atoms with Crippen molar-refractivity contribution in [3.8, 4) is 0 Å². The second kappa shape index (κ2) is 21.8. The first-order valence-electron chi connectivity index (χ1n) is 6.97. The lowest BCUT2D eigenvalue weighted by atomic mass is 10.4. The van der Waals surface area contributed by atoms with Gasteiger partial charge in [0.05, 0.1) is 13.2 Å². The van der Waals surface area contributed by atoms with E-state index in [4.69, 9.17) is 35.1 Å². The van der Waals surface area contributed by atoms with Crippen LogP contribution in [0.5, 0.6) is 0 Å². The lowest BCUT2D eigenvalue weighted by Gasteiger charge is -2.05. The summed E-state index contributed by atoms with van der Waals surface area (Å²) in [5.41, 5.74) is 0. The van der Waals surface area contributed by atoms with Crippen LogP contribution >= 0.6 is 0 Å². The molecule has 11 heteroatoms. The number of aliphatic hydroxyl groups excluding tert-OH is 3. The summed E-state index contributed by atoms with van der Waals surface area (Å²) in [6, 6.07) is 0. The Bertz CT molecular complexity index is 346. The number of esters is 2. The third-order valence-electron chi connectivity index (χ3n) is 1.32. The Hall–Kier alpha value is -2.24. The fourth-order valence-electron chi connectivity index (χ4n) is 0.529. The molecule has 2 unspecified atom stereocenters. The normalized spacial score (nSPS) is 10.7. The number of ether oxygens (including phenoxy) is 2. The Morgan fingerprint density at radius 2 is 1.28 bits per heavy atom. The van der Waals surface area contributed by atoms with Crippen molar-refractivity contribution in [2.45, 2.75) is 46.8 Å². The lowest BCUT2D eigenvalue weighted by Crippen LogP contribution is -2.20. The van der Waals surface area contributed by atoms with E-state index in [0.29, 0.717) is 6.61 Å². The number of hydrogen-bond donors (Lipinski definition) is 5. The van der Waals surface area contributed by atoms with E-state index >= 15 is 0 Å². The SMILES string of the molecule is CC(=O)O.CC(=O)O.CC(=O)OCC(O)CO.CCOC(=O)C(C)O. The summed E-state index contributed by atoms with van der Waals surface area (Å²) < 4.78 is 8.76. The molecule has 0 aromatic heterocycles. The average molecular weight is 372 g/mol. The van der Waals surface area contributed by atoms with Gasteiger partial charge in [-0.05, 0) is 13.8 Å². The van der Waals surface area contributed by atoms with Crippen molar-refractivity contribution < 1.29 is 54.2 Å². The summed E-state index contributed by atoms with van der Waals surface area (Å²) in [6.07, 6.45) is -1.94. The molecule has 0 aliphatic carbocycles. The van der Waals surface area contributed by atoms with Crippen LogP contribution in [0.15, 0.2) is 0 Å². The third kappa shape index (κ3) is 61.4. The minimum atomic E-state index is -0.991. The summed E-state index contributed by atoms with van der Waals surface area (Å²) in [6.45, 7) is 6.28. The van der Waals surface area contributed by atoms with Gasteiger partial charge < -0.3 is 35.0 Å². The number of carboxylic acid groups (broad SMARTS) is 2. The van der Waals surface area contributed by atoms with Crippen LogP contribution in [0.3, 0.4) is 0 Å². The average Bonchev–Trinajstić information content (AvgIpc) is 2.44. The van der Waals surface area contributed by atoms with Crippen LogP contribution in [0.25, 0.3) is 0 Å². The van der Waals surface area contributed by atoms with E-state index in [-0.39, 0.29) is 13.2 Å². The second-order valence-electron chi connectivity index (χ2n) is 4.11. The fourth-order valence-corrected chi connectivity index (χ4v) is 0.529. The Morgan fingerprint density at radius 1 is 0.920 bits per heavy atom. The molecule has 0 aliphatic heterocycles. The molecule has 0 heterocycles. The standard InChI is InChI=1S/C5H10O4.C5H10O3.2C2H4O2/c1-4(7)9-3-5(8)2-6;1-3-8-5(7)4(2)6;2*1-2(3)4/h5-6,8H,2-3H2,1H3;4,6H,3H2,1-2H3;2*1H3,(H,3,4). The second-order valence-corrected chi connectivity index (χ2v) is 4.11. The van der Waals surface area contributed by atoms with Crippen molar-refractivity contribution in [1.82, 2.24) is 0 Å². The Morgan fingerprint density at radius 3 is 1.44 bits per heavy atom. The highest BCUT2D eigenvalue weighted by molar-refractivity contribution is 5.73. The van der Waals surface area contributed by atoms with Crippen LogP contribution in [0.4, 0.5) is 0 Å². The maximum atomic E-state index is 10.3. The highest BCUT2D eigenvalue weighted by Gasteiger charge is 2.07. The number of carboxylic acids is 2. The highest BCUT2D eigenvalue weighted by Crippen LogP contribution is 1.84. The smallest absolute Gasteiger partial charge is 0.334 e. The fraction of sp³-hybridized carbons (Fsp3) is 0.714. The van der Waals surface area contributed by atoms with E-state index in [9.17, 15) is 9.59 Å². The van der Waals surface area contributed by atoms with Crippen LogP contribution in [0.1, 0.15) is 34.6 Å². The first-order valence-corrected chi connectivity index (χ1v) is 6.97. The summed E-state index contributed by atoms with van der Waals surface area (Å²) in [5.74, 6) is -2.69. The zero-order chi connectivity index (χ0) is 21.0. The quantitative estimate of drug-likeness (QED) is 0.373. The predicted octanol–water partition coefficient (Wildman–Crippen LogP) is -0.985. The van der Waals surface area contributed by atoms with Gasteiger partial charge in [0.1, 0.15) is 18.8 Å². The van der Waals surface area contributed by atoms with Crippen LogP contribution in [-0.4, -0.2) is 81.4 Å². The van der Waals surface area contributed by atoms with Crippen molar-refractivity contribution in [1.29, 1.82) is 0 Å². The molecule has 150 valence electrons. The first-order chi connectivity index (χ1) is 11.3. The zero-order valence-corrected chi connectivity index (χ0v) is 15.0. The Balaban J connectivity index is -0.000000126. The molecule has 0 saturated heterocycles. The van der Waals surface area contributed by atoms with Crippen molar-refractivity contribution in [3.05, 3.63) is 0 Å². The molecule has 0 aromatic carbocycles. The molecular weight excluding hydrogens is 344 g/mol. The minimum Gasteiger partial charge on any atom is -0.481 e. The number of carbonyl (C=O) groups excluding carboxylic acids is 2. The summed E-state index contributed by atoms with van der Waals surface area (Å²) in [5, 5.41) is 40.1. The van der Waals surface area contributed by atoms with E-state index in [1.165, 1.54) is 13.8 Å². The van der Waals surface area contributed by atoms with E-state index in [1.807, 2.05) is 0 Å². The highest BCUT2D eigenvalue weighted by atomic mass is 16.5. The molecule has 11 nitrogen and oxygen atoms in total. The minimum absolute atomic E-state index is 0.133. The molecule has 5 N–H and O–H groups in total. The van der Waals surface area contributed by atoms with E-state index in [2.05, 4.69) is 9.47 Å². The Labute approximate surface area is 145 Å². The van der Waals surface area contributed by atoms with Gasteiger partial charge in [-0.1, -0.05) is 0 Å². The first kappa shape index (κ1) is 30.6. The van der Waals surface area contributed by atoms with Crippen molar-refractivity contribution in [2.24, 2.45) is 0 Å². The van der Waals surface area contributed by atoms with Gasteiger partial charge in [0, 0.05) is 20.8 Å². The predicted molar refractivity (Wildman–Crippen MR) is 84.7 cm³/mol. The monoisotopic (exact) mass is 372 g/mol. The maximum Gasteiger partial charge on any atom is 0.334 e. The molecule has 0 aromatic rings. The largest absolute Gasteiger partial charge is 0.481 e. The van der Waals surface area contributed by atoms with Crippen LogP contribution in [-0.2, 0) is 28.7 Å². The number of carbonyl (C=O) groups is 4. The van der Waals surface area contributed by atoms with Gasteiger partial charge in [0.2, 0.25) is 0 Å². The molecule has 0 saturated carbocycles. The molecule has 0 aliphatic rings. The van der Waals surface area contributed by atoms with Gasteiger partial charge in [0.25, 0.3) is 11.9 Å². The number of hydrogen-bond acceptors (Lipinski definition) is 9. The van der Waals surface area contributed by atoms with Gasteiger partial charge in [-0.2, -0.15) is 0 Å². The third-order valence-corrected chi connectivity index (χ3v) is 1.32. The van der Waals surface area contributed by atoms with Gasteiger partial charge in [-0.25, -0.2) is 4.79 Å². The van der Waals surface area contributed by atoms with Crippen LogP contribution in [0, 0.1) is 0 Å². The number of rotatable bonds is 5. The van der Waals surface area contributed by atoms with Crippen LogP contribution < -0.4 is 0 Å². The summed E-state index contributed by atoms with van der Waals surface area (Å²) in [4.78, 5) is 38.3. The maximum absolute atomic E-state index is 10.3. The van der Waals surface area contributed by atoms with Crippen molar-refractivity contribution >= 4 is 23.9 Å². The molecule has 0 bridgehead atoms. The lowest BCUT2D eigenvalue weighted by molar-refractivity contribution is -0.152. The zero-order valence-electron chi connectivity index (χ0n) is 15.0. The van der Waals surface area contributed by atoms with Gasteiger partial charge >= 0.3 is 11.9 Å². The summed E-state index contributed by atoms with van der Waals surface area (Å²) in [7, 11) is 0. The molecule has 0 radical (unpaired) electrons. The summed E-state index contributed by atoms with van der Waals surface area (Å²) >= 11 is 0. The molecule has 0 rings (SSSR count). The molecule has 0 spiro atoms. The van der Waals surface area contributed by atoms with Gasteiger partial charge in [-0.15, -0.1) is 0 Å². The van der Waals surface area contributed by atoms with Crippen LogP contribution in [0.2, 0.25) is 0 Å². The molecule has 25 heavy (non-hydrogen) atoms. The number of aliphatic hydroxyl groups is 3. The van der Waals surface area contributed by atoms with Gasteiger partial charge in [-0.3, -0.25) is 14.4 Å². The number of aliphatic carboxylic acids is 2. The topological polar surface area (TPSA) is 188 Å². The van der Waals surface area contributed by atoms with Gasteiger partial charge in [0.15, 0.2) is 0 Å². The Kier molecular flexibility index (Phi) is 26.7. The van der Waals surface area contributed by atoms with E-state index in [0.717, 1.165) is 13.8 Å². The molecule has 0 amide bonds. The molecule has 2 atom stereocenters. The van der Waals surface area contributed by atoms with E-state index < -0.39 is 36.1 Å². The van der Waals surface area contributed by atoms with E-state index in [1.54, 1.807) is 6.92 Å². The van der Waals surface area contributed by atoms with Crippen molar-refractivity contribution in [3.63, 3.8) is 0 Å².